The molecule has 1 heterocycles. The third-order valence-corrected chi connectivity index (χ3v) is 2.32. The smallest absolute Gasteiger partial charge is 0.392 e. The van der Waals surface area contributed by atoms with Crippen molar-refractivity contribution in [2.75, 3.05) is 0 Å². The molecule has 0 atom stereocenters. The van der Waals surface area contributed by atoms with Crippen LogP contribution in [0.2, 0.25) is 0 Å². The van der Waals surface area contributed by atoms with Crippen molar-refractivity contribution in [1.29, 1.82) is 0 Å². The highest BCUT2D eigenvalue weighted by atomic mass is 79.9. The van der Waals surface area contributed by atoms with E-state index in [2.05, 4.69) is 20.9 Å². The Labute approximate surface area is 76.7 Å². The number of carboxylic acid groups (broad SMARTS) is 1. The van der Waals surface area contributed by atoms with Crippen molar-refractivity contribution in [3.8, 4) is 0 Å². The Kier molecular flexibility index (Phi) is 1.68. The summed E-state index contributed by atoms with van der Waals surface area (Å²) in [4.78, 5) is 14.3. The normalized spacial score (nSPS) is 16.4. The van der Waals surface area contributed by atoms with Gasteiger partial charge in [-0.05, 0) is 28.8 Å². The molecular weight excluding hydrogens is 226 g/mol. The molecule has 0 spiro atoms. The lowest BCUT2D eigenvalue weighted by atomic mass is 10.3. The SMILES string of the molecule is O=C(O)c1nc(C2CC2)c(Br)o1. The summed E-state index contributed by atoms with van der Waals surface area (Å²) in [7, 11) is 0. The van der Waals surface area contributed by atoms with E-state index in [4.69, 9.17) is 9.52 Å². The minimum atomic E-state index is -1.12. The van der Waals surface area contributed by atoms with Gasteiger partial charge in [0.15, 0.2) is 4.67 Å². The second kappa shape index (κ2) is 2.58. The number of aromatic carboxylic acids is 1. The topological polar surface area (TPSA) is 63.3 Å². The summed E-state index contributed by atoms with van der Waals surface area (Å²) in [6.45, 7) is 0. The monoisotopic (exact) mass is 231 g/mol. The van der Waals surface area contributed by atoms with Gasteiger partial charge in [-0.15, -0.1) is 0 Å². The summed E-state index contributed by atoms with van der Waals surface area (Å²) in [6.07, 6.45) is 2.15. The van der Waals surface area contributed by atoms with Crippen LogP contribution in [-0.2, 0) is 0 Å². The molecule has 5 heteroatoms. The molecule has 0 amide bonds. The number of nitrogens with zero attached hydrogens (tertiary/aromatic N) is 1. The third kappa shape index (κ3) is 1.24. The number of halogens is 1. The summed E-state index contributed by atoms with van der Waals surface area (Å²) in [6, 6.07) is 0. The first kappa shape index (κ1) is 7.79. The Balaban J connectivity index is 2.36. The van der Waals surface area contributed by atoms with Gasteiger partial charge in [0.1, 0.15) is 0 Å². The summed E-state index contributed by atoms with van der Waals surface area (Å²) in [5.74, 6) is -0.956. The molecule has 1 saturated carbocycles. The number of carboxylic acids is 1. The van der Waals surface area contributed by atoms with Crippen molar-refractivity contribution in [1.82, 2.24) is 4.98 Å². The van der Waals surface area contributed by atoms with Gasteiger partial charge in [-0.1, -0.05) is 0 Å². The van der Waals surface area contributed by atoms with Crippen molar-refractivity contribution >= 4 is 21.9 Å². The number of rotatable bonds is 2. The number of carbonyl (C=O) groups is 1. The highest BCUT2D eigenvalue weighted by Crippen LogP contribution is 2.42. The maximum absolute atomic E-state index is 10.4. The summed E-state index contributed by atoms with van der Waals surface area (Å²) in [5, 5.41) is 8.55. The zero-order valence-corrected chi connectivity index (χ0v) is 7.67. The molecule has 1 aromatic heterocycles. The number of hydrogen-bond acceptors (Lipinski definition) is 3. The van der Waals surface area contributed by atoms with Gasteiger partial charge < -0.3 is 9.52 Å². The van der Waals surface area contributed by atoms with Crippen LogP contribution in [0.4, 0.5) is 0 Å². The predicted molar refractivity (Wildman–Crippen MR) is 43.1 cm³/mol. The van der Waals surface area contributed by atoms with Gasteiger partial charge in [0.25, 0.3) is 0 Å². The first-order valence-electron chi connectivity index (χ1n) is 3.58. The van der Waals surface area contributed by atoms with Gasteiger partial charge in [-0.25, -0.2) is 9.78 Å². The van der Waals surface area contributed by atoms with Crippen LogP contribution in [0.1, 0.15) is 35.1 Å². The number of oxazole rings is 1. The predicted octanol–water partition coefficient (Wildman–Crippen LogP) is 2.01. The fourth-order valence-electron chi connectivity index (χ4n) is 1.01. The van der Waals surface area contributed by atoms with E-state index in [1.165, 1.54) is 0 Å². The standard InChI is InChI=1S/C7H6BrNO3/c8-5-4(3-1-2-3)9-6(12-5)7(10)11/h3H,1-2H2,(H,10,11). The molecule has 0 radical (unpaired) electrons. The Morgan fingerprint density at radius 2 is 2.33 bits per heavy atom. The van der Waals surface area contributed by atoms with Crippen LogP contribution < -0.4 is 0 Å². The van der Waals surface area contributed by atoms with Crippen LogP contribution in [0.15, 0.2) is 9.09 Å². The van der Waals surface area contributed by atoms with Gasteiger partial charge >= 0.3 is 11.9 Å². The first-order chi connectivity index (χ1) is 5.68. The fourth-order valence-corrected chi connectivity index (χ4v) is 1.58. The summed E-state index contributed by atoms with van der Waals surface area (Å²) < 4.78 is 5.34. The van der Waals surface area contributed by atoms with Crippen molar-refractivity contribution in [3.63, 3.8) is 0 Å². The zero-order valence-electron chi connectivity index (χ0n) is 6.08. The molecule has 0 unspecified atom stereocenters. The molecule has 64 valence electrons. The van der Waals surface area contributed by atoms with Crippen molar-refractivity contribution in [2.24, 2.45) is 0 Å². The highest BCUT2D eigenvalue weighted by molar-refractivity contribution is 9.10. The molecular formula is C7H6BrNO3. The summed E-state index contributed by atoms with van der Waals surface area (Å²) >= 11 is 3.13. The third-order valence-electron chi connectivity index (χ3n) is 1.76. The van der Waals surface area contributed by atoms with E-state index in [0.29, 0.717) is 10.6 Å². The van der Waals surface area contributed by atoms with Gasteiger partial charge in [-0.2, -0.15) is 0 Å². The van der Waals surface area contributed by atoms with E-state index >= 15 is 0 Å². The molecule has 0 bridgehead atoms. The Hall–Kier alpha value is -0.840. The molecule has 1 aliphatic rings. The van der Waals surface area contributed by atoms with Crippen molar-refractivity contribution in [2.45, 2.75) is 18.8 Å². The Morgan fingerprint density at radius 1 is 1.67 bits per heavy atom. The van der Waals surface area contributed by atoms with Gasteiger partial charge in [0, 0.05) is 5.92 Å². The van der Waals surface area contributed by atoms with Crippen molar-refractivity contribution < 1.29 is 14.3 Å². The van der Waals surface area contributed by atoms with E-state index in [-0.39, 0.29) is 5.89 Å². The molecule has 1 N–H and O–H groups in total. The molecule has 1 fully saturated rings. The average molecular weight is 232 g/mol. The minimum Gasteiger partial charge on any atom is -0.474 e. The first-order valence-corrected chi connectivity index (χ1v) is 4.37. The molecule has 0 aromatic carbocycles. The van der Waals surface area contributed by atoms with Crippen LogP contribution >= 0.6 is 15.9 Å². The van der Waals surface area contributed by atoms with E-state index in [9.17, 15) is 4.79 Å². The fraction of sp³-hybridized carbons (Fsp3) is 0.429. The van der Waals surface area contributed by atoms with E-state index in [1.807, 2.05) is 0 Å². The van der Waals surface area contributed by atoms with Gasteiger partial charge in [0.05, 0.1) is 5.69 Å². The number of aromatic nitrogens is 1. The molecule has 1 aliphatic carbocycles. The molecule has 2 rings (SSSR count). The molecule has 12 heavy (non-hydrogen) atoms. The maximum Gasteiger partial charge on any atom is 0.392 e. The quantitative estimate of drug-likeness (QED) is 0.846. The average Bonchev–Trinajstić information content (AvgIpc) is 2.75. The van der Waals surface area contributed by atoms with Crippen LogP contribution in [0.25, 0.3) is 0 Å². The molecule has 0 aliphatic heterocycles. The van der Waals surface area contributed by atoms with Gasteiger partial charge in [-0.3, -0.25) is 0 Å². The lowest BCUT2D eigenvalue weighted by Crippen LogP contribution is -1.95. The lowest BCUT2D eigenvalue weighted by Gasteiger charge is -1.84. The zero-order chi connectivity index (χ0) is 8.72. The van der Waals surface area contributed by atoms with Crippen molar-refractivity contribution in [3.05, 3.63) is 16.3 Å². The van der Waals surface area contributed by atoms with E-state index < -0.39 is 5.97 Å². The molecule has 4 nitrogen and oxygen atoms in total. The molecule has 1 aromatic rings. The van der Waals surface area contributed by atoms with Gasteiger partial charge in [0.2, 0.25) is 0 Å². The highest BCUT2D eigenvalue weighted by Gasteiger charge is 2.31. The Bertz CT molecular complexity index is 329. The Morgan fingerprint density at radius 3 is 2.75 bits per heavy atom. The van der Waals surface area contributed by atoms with Crippen LogP contribution in [-0.4, -0.2) is 16.1 Å². The van der Waals surface area contributed by atoms with Crippen LogP contribution in [0.3, 0.4) is 0 Å². The van der Waals surface area contributed by atoms with E-state index in [0.717, 1.165) is 18.5 Å². The number of hydrogen-bond donors (Lipinski definition) is 1. The van der Waals surface area contributed by atoms with Crippen LogP contribution in [0.5, 0.6) is 0 Å². The van der Waals surface area contributed by atoms with E-state index in [1.54, 1.807) is 0 Å². The molecule has 0 saturated heterocycles. The summed E-state index contributed by atoms with van der Waals surface area (Å²) in [5.41, 5.74) is 0.743. The van der Waals surface area contributed by atoms with Crippen LogP contribution in [0, 0.1) is 0 Å². The largest absolute Gasteiger partial charge is 0.474 e. The second-order valence-electron chi connectivity index (χ2n) is 2.76. The minimum absolute atomic E-state index is 0.233. The lowest BCUT2D eigenvalue weighted by molar-refractivity contribution is 0.0652. The second-order valence-corrected chi connectivity index (χ2v) is 3.48. The maximum atomic E-state index is 10.4.